The largest absolute Gasteiger partial charge is 0.507 e. The van der Waals surface area contributed by atoms with Gasteiger partial charge in [0.15, 0.2) is 0 Å². The molecule has 0 saturated carbocycles. The van der Waals surface area contributed by atoms with Gasteiger partial charge < -0.3 is 19.3 Å². The first-order valence-corrected chi connectivity index (χ1v) is 12.7. The van der Waals surface area contributed by atoms with Crippen molar-refractivity contribution in [1.29, 1.82) is 0 Å². The number of anilines is 1. The zero-order valence-electron chi connectivity index (χ0n) is 22.6. The van der Waals surface area contributed by atoms with Gasteiger partial charge in [0.05, 0.1) is 37.0 Å². The highest BCUT2D eigenvalue weighted by Crippen LogP contribution is 2.43. The average Bonchev–Trinajstić information content (AvgIpc) is 3.19. The Labute approximate surface area is 227 Å². The van der Waals surface area contributed by atoms with E-state index in [1.165, 1.54) is 18.1 Å². The summed E-state index contributed by atoms with van der Waals surface area (Å²) in [5, 5.41) is 11.5. The number of aliphatic hydroxyl groups is 1. The lowest BCUT2D eigenvalue weighted by molar-refractivity contribution is -0.132. The van der Waals surface area contributed by atoms with Crippen molar-refractivity contribution in [2.75, 3.05) is 18.6 Å². The molecule has 0 bridgehead atoms. The molecule has 1 saturated heterocycles. The molecule has 1 aliphatic rings. The van der Waals surface area contributed by atoms with Gasteiger partial charge in [-0.05, 0) is 87.4 Å². The minimum atomic E-state index is -0.982. The summed E-state index contributed by atoms with van der Waals surface area (Å²) in [6.45, 7) is 7.57. The molecule has 1 heterocycles. The fourth-order valence-electron chi connectivity index (χ4n) is 4.56. The fraction of sp³-hybridized carbons (Fsp3) is 0.258. The van der Waals surface area contributed by atoms with Crippen molar-refractivity contribution in [3.05, 3.63) is 94.6 Å². The van der Waals surface area contributed by atoms with Crippen LogP contribution in [0, 0.1) is 6.92 Å². The second-order valence-electron chi connectivity index (χ2n) is 9.36. The summed E-state index contributed by atoms with van der Waals surface area (Å²) in [6.07, 6.45) is -0.0353. The normalized spacial score (nSPS) is 16.5. The molecule has 0 radical (unpaired) electrons. The lowest BCUT2D eigenvalue weighted by atomic mass is 9.94. The summed E-state index contributed by atoms with van der Waals surface area (Å²) in [6, 6.07) is 17.4. The first-order chi connectivity index (χ1) is 18.7. The van der Waals surface area contributed by atoms with Gasteiger partial charge in [0.1, 0.15) is 17.3 Å². The van der Waals surface area contributed by atoms with E-state index in [1.807, 2.05) is 20.8 Å². The SMILES string of the molecule is CCOC(=O)c1cccc(N2C(=O)C(=O)/C(=C(/O)c3ccc(OC(C)C)c(C)c3)C2c2cccc(OC)c2)c1. The van der Waals surface area contributed by atoms with Gasteiger partial charge >= 0.3 is 5.97 Å². The lowest BCUT2D eigenvalue weighted by Crippen LogP contribution is -2.29. The number of methoxy groups -OCH3 is 1. The van der Waals surface area contributed by atoms with E-state index in [2.05, 4.69) is 0 Å². The Morgan fingerprint density at radius 3 is 2.41 bits per heavy atom. The van der Waals surface area contributed by atoms with Gasteiger partial charge in [0.25, 0.3) is 11.7 Å². The first-order valence-electron chi connectivity index (χ1n) is 12.7. The van der Waals surface area contributed by atoms with Crippen molar-refractivity contribution in [3.8, 4) is 11.5 Å². The zero-order valence-corrected chi connectivity index (χ0v) is 22.6. The molecule has 0 aliphatic carbocycles. The van der Waals surface area contributed by atoms with Gasteiger partial charge in [0.2, 0.25) is 0 Å². The van der Waals surface area contributed by atoms with E-state index in [0.29, 0.717) is 28.3 Å². The van der Waals surface area contributed by atoms with Gasteiger partial charge in [-0.25, -0.2) is 4.79 Å². The molecule has 1 atom stereocenters. The van der Waals surface area contributed by atoms with Gasteiger partial charge in [-0.1, -0.05) is 18.2 Å². The van der Waals surface area contributed by atoms with Gasteiger partial charge in [-0.15, -0.1) is 0 Å². The molecule has 3 aromatic carbocycles. The van der Waals surface area contributed by atoms with Crippen molar-refractivity contribution < 1.29 is 33.7 Å². The maximum absolute atomic E-state index is 13.5. The average molecular weight is 530 g/mol. The van der Waals surface area contributed by atoms with E-state index in [4.69, 9.17) is 14.2 Å². The summed E-state index contributed by atoms with van der Waals surface area (Å²) in [7, 11) is 1.52. The third kappa shape index (κ3) is 5.50. The summed E-state index contributed by atoms with van der Waals surface area (Å²) in [5.41, 5.74) is 2.15. The van der Waals surface area contributed by atoms with Crippen molar-refractivity contribution in [2.24, 2.45) is 0 Å². The predicted octanol–water partition coefficient (Wildman–Crippen LogP) is 5.59. The molecular formula is C31H31NO7. The van der Waals surface area contributed by atoms with Crippen molar-refractivity contribution in [2.45, 2.75) is 39.8 Å². The number of hydrogen-bond acceptors (Lipinski definition) is 7. The van der Waals surface area contributed by atoms with E-state index < -0.39 is 23.7 Å². The van der Waals surface area contributed by atoms with Crippen LogP contribution in [-0.4, -0.2) is 42.6 Å². The number of hydrogen-bond donors (Lipinski definition) is 1. The molecule has 1 fully saturated rings. The molecule has 202 valence electrons. The Bertz CT molecular complexity index is 1460. The van der Waals surface area contributed by atoms with Crippen LogP contribution >= 0.6 is 0 Å². The number of amides is 1. The molecule has 4 rings (SSSR count). The predicted molar refractivity (Wildman–Crippen MR) is 147 cm³/mol. The summed E-state index contributed by atoms with van der Waals surface area (Å²) in [5.74, 6) is -1.37. The Balaban J connectivity index is 1.90. The molecule has 0 aromatic heterocycles. The van der Waals surface area contributed by atoms with E-state index in [-0.39, 0.29) is 29.6 Å². The standard InChI is InChI=1S/C31H31NO7/c1-6-38-31(36)22-10-7-11-23(16-22)32-27(20-9-8-12-24(17-20)37-5)26(29(34)30(32)35)28(33)21-13-14-25(19(4)15-21)39-18(2)3/h7-18,27,33H,6H2,1-5H3/b28-26+. The van der Waals surface area contributed by atoms with Crippen LogP contribution < -0.4 is 14.4 Å². The topological polar surface area (TPSA) is 102 Å². The molecular weight excluding hydrogens is 498 g/mol. The van der Waals surface area contributed by atoms with Gasteiger partial charge in [0, 0.05) is 11.3 Å². The third-order valence-electron chi connectivity index (χ3n) is 6.30. The van der Waals surface area contributed by atoms with Crippen LogP contribution in [0.15, 0.2) is 72.3 Å². The summed E-state index contributed by atoms with van der Waals surface area (Å²) < 4.78 is 16.3. The molecule has 8 heteroatoms. The lowest BCUT2D eigenvalue weighted by Gasteiger charge is -2.26. The number of esters is 1. The highest BCUT2D eigenvalue weighted by atomic mass is 16.5. The highest BCUT2D eigenvalue weighted by molar-refractivity contribution is 6.51. The van der Waals surface area contributed by atoms with E-state index in [9.17, 15) is 19.5 Å². The molecule has 1 amide bonds. The van der Waals surface area contributed by atoms with Crippen LogP contribution in [0.5, 0.6) is 11.5 Å². The number of aliphatic hydroxyl groups excluding tert-OH is 1. The fourth-order valence-corrected chi connectivity index (χ4v) is 4.56. The molecule has 3 aromatic rings. The second-order valence-corrected chi connectivity index (χ2v) is 9.36. The number of Topliss-reactive ketones (excluding diaryl/α,β-unsaturated/α-hetero) is 1. The van der Waals surface area contributed by atoms with Crippen molar-refractivity contribution >= 4 is 29.1 Å². The third-order valence-corrected chi connectivity index (χ3v) is 6.30. The van der Waals surface area contributed by atoms with Crippen LogP contribution in [0.4, 0.5) is 5.69 Å². The van der Waals surface area contributed by atoms with Crippen LogP contribution in [0.3, 0.4) is 0 Å². The summed E-state index contributed by atoms with van der Waals surface area (Å²) in [4.78, 5) is 40.7. The zero-order chi connectivity index (χ0) is 28.3. The van der Waals surface area contributed by atoms with Crippen LogP contribution in [0.2, 0.25) is 0 Å². The number of aryl methyl sites for hydroxylation is 1. The summed E-state index contributed by atoms with van der Waals surface area (Å²) >= 11 is 0. The molecule has 39 heavy (non-hydrogen) atoms. The molecule has 1 aliphatic heterocycles. The first kappa shape index (κ1) is 27.4. The van der Waals surface area contributed by atoms with Crippen molar-refractivity contribution in [3.63, 3.8) is 0 Å². The van der Waals surface area contributed by atoms with Crippen LogP contribution in [-0.2, 0) is 14.3 Å². The highest BCUT2D eigenvalue weighted by Gasteiger charge is 2.47. The van der Waals surface area contributed by atoms with Crippen LogP contribution in [0.1, 0.15) is 53.9 Å². The minimum absolute atomic E-state index is 0.0353. The Morgan fingerprint density at radius 2 is 1.74 bits per heavy atom. The second kappa shape index (κ2) is 11.4. The maximum atomic E-state index is 13.5. The number of ketones is 1. The van der Waals surface area contributed by atoms with Gasteiger partial charge in [-0.3, -0.25) is 14.5 Å². The minimum Gasteiger partial charge on any atom is -0.507 e. The number of carbonyl (C=O) groups is 3. The Morgan fingerprint density at radius 1 is 1.00 bits per heavy atom. The number of nitrogens with zero attached hydrogens (tertiary/aromatic N) is 1. The molecule has 0 spiro atoms. The van der Waals surface area contributed by atoms with Gasteiger partial charge in [-0.2, -0.15) is 0 Å². The van der Waals surface area contributed by atoms with E-state index in [0.717, 1.165) is 5.56 Å². The number of carbonyl (C=O) groups excluding carboxylic acids is 3. The van der Waals surface area contributed by atoms with E-state index in [1.54, 1.807) is 67.6 Å². The number of benzene rings is 3. The number of rotatable bonds is 8. The van der Waals surface area contributed by atoms with Crippen LogP contribution in [0.25, 0.3) is 5.76 Å². The van der Waals surface area contributed by atoms with Crippen molar-refractivity contribution in [1.82, 2.24) is 0 Å². The quantitative estimate of drug-likeness (QED) is 0.176. The number of ether oxygens (including phenoxy) is 3. The van der Waals surface area contributed by atoms with E-state index >= 15 is 0 Å². The molecule has 1 unspecified atom stereocenters. The molecule has 1 N–H and O–H groups in total. The smallest absolute Gasteiger partial charge is 0.338 e. The maximum Gasteiger partial charge on any atom is 0.338 e. The Hall–Kier alpha value is -4.59. The Kier molecular flexibility index (Phi) is 8.04. The monoisotopic (exact) mass is 529 g/mol. The molecule has 8 nitrogen and oxygen atoms in total.